The van der Waals surface area contributed by atoms with Gasteiger partial charge in [0, 0.05) is 11.8 Å². The number of benzene rings is 1. The van der Waals surface area contributed by atoms with Crippen LogP contribution in [-0.2, 0) is 4.79 Å². The predicted octanol–water partition coefficient (Wildman–Crippen LogP) is 3.07. The van der Waals surface area contributed by atoms with E-state index in [-0.39, 0.29) is 23.7 Å². The Bertz CT molecular complexity index is 503. The first-order valence-corrected chi connectivity index (χ1v) is 7.54. The number of halogens is 1. The molecule has 2 atom stereocenters. The molecule has 1 aliphatic carbocycles. The van der Waals surface area contributed by atoms with Gasteiger partial charge in [0.25, 0.3) is 0 Å². The zero-order chi connectivity index (χ0) is 15.4. The number of ether oxygens (including phenoxy) is 1. The Hall–Kier alpha value is -1.62. The van der Waals surface area contributed by atoms with Gasteiger partial charge < -0.3 is 15.8 Å². The van der Waals surface area contributed by atoms with Crippen LogP contribution in [0.5, 0.6) is 5.75 Å². The fraction of sp³-hybridized carbons (Fsp3) is 0.562. The van der Waals surface area contributed by atoms with E-state index in [1.54, 1.807) is 12.1 Å². The van der Waals surface area contributed by atoms with Crippen molar-refractivity contribution in [3.05, 3.63) is 24.0 Å². The third kappa shape index (κ3) is 3.94. The molecule has 1 saturated carbocycles. The van der Waals surface area contributed by atoms with Crippen LogP contribution in [0.1, 0.15) is 39.5 Å². The van der Waals surface area contributed by atoms with Crippen molar-refractivity contribution < 1.29 is 13.9 Å². The van der Waals surface area contributed by atoms with Gasteiger partial charge in [0.15, 0.2) is 11.6 Å². The van der Waals surface area contributed by atoms with Gasteiger partial charge in [-0.15, -0.1) is 0 Å². The van der Waals surface area contributed by atoms with Crippen molar-refractivity contribution in [3.8, 4) is 5.75 Å². The van der Waals surface area contributed by atoms with Crippen molar-refractivity contribution in [1.82, 2.24) is 0 Å². The number of hydrogen-bond donors (Lipinski definition) is 2. The zero-order valence-corrected chi connectivity index (χ0v) is 12.6. The lowest BCUT2D eigenvalue weighted by Crippen LogP contribution is -2.40. The highest BCUT2D eigenvalue weighted by molar-refractivity contribution is 5.94. The summed E-state index contributed by atoms with van der Waals surface area (Å²) in [5.41, 5.74) is 6.25. The summed E-state index contributed by atoms with van der Waals surface area (Å²) in [6, 6.07) is 3.87. The highest BCUT2D eigenvalue weighted by Crippen LogP contribution is 2.28. The summed E-state index contributed by atoms with van der Waals surface area (Å²) in [5, 5.41) is 2.65. The molecule has 1 fully saturated rings. The minimum absolute atomic E-state index is 0.0797. The molecule has 0 aliphatic heterocycles. The average molecular weight is 294 g/mol. The first-order chi connectivity index (χ1) is 10.0. The molecule has 0 bridgehead atoms. The molecule has 0 aromatic heterocycles. The van der Waals surface area contributed by atoms with Crippen LogP contribution < -0.4 is 15.8 Å². The van der Waals surface area contributed by atoms with Gasteiger partial charge in [-0.05, 0) is 37.3 Å². The molecule has 1 aromatic rings. The van der Waals surface area contributed by atoms with Gasteiger partial charge >= 0.3 is 0 Å². The van der Waals surface area contributed by atoms with Crippen molar-refractivity contribution in [1.29, 1.82) is 0 Å². The van der Waals surface area contributed by atoms with E-state index in [1.807, 2.05) is 13.8 Å². The van der Waals surface area contributed by atoms with Crippen LogP contribution in [0, 0.1) is 11.7 Å². The maximum atomic E-state index is 13.9. The third-order valence-electron chi connectivity index (χ3n) is 4.11. The lowest BCUT2D eigenvalue weighted by atomic mass is 9.96. The van der Waals surface area contributed by atoms with Crippen LogP contribution in [0.4, 0.5) is 10.1 Å². The van der Waals surface area contributed by atoms with E-state index < -0.39 is 11.9 Å². The maximum absolute atomic E-state index is 13.9. The summed E-state index contributed by atoms with van der Waals surface area (Å²) >= 11 is 0. The molecule has 2 unspecified atom stereocenters. The molecule has 1 amide bonds. The minimum atomic E-state index is -0.594. The van der Waals surface area contributed by atoms with E-state index in [2.05, 4.69) is 5.32 Å². The second kappa shape index (κ2) is 6.89. The Balaban J connectivity index is 1.97. The van der Waals surface area contributed by atoms with E-state index in [0.29, 0.717) is 5.69 Å². The second-order valence-electron chi connectivity index (χ2n) is 5.72. The van der Waals surface area contributed by atoms with Crippen LogP contribution in [0.15, 0.2) is 18.2 Å². The summed E-state index contributed by atoms with van der Waals surface area (Å²) in [5.74, 6) is -0.437. The molecule has 1 aromatic carbocycles. The van der Waals surface area contributed by atoms with Crippen LogP contribution in [0.2, 0.25) is 0 Å². The molecule has 0 saturated heterocycles. The van der Waals surface area contributed by atoms with Crippen molar-refractivity contribution in [2.75, 3.05) is 5.32 Å². The van der Waals surface area contributed by atoms with E-state index in [1.165, 1.54) is 6.07 Å². The number of nitrogens with one attached hydrogen (secondary N) is 1. The van der Waals surface area contributed by atoms with Gasteiger partial charge in [-0.3, -0.25) is 4.79 Å². The van der Waals surface area contributed by atoms with Crippen molar-refractivity contribution >= 4 is 11.6 Å². The SMILES string of the molecule is CCC(C)C(N)C(=O)Nc1ccc(OC2CCC2)c(F)c1. The monoisotopic (exact) mass is 294 g/mol. The molecule has 0 radical (unpaired) electrons. The smallest absolute Gasteiger partial charge is 0.241 e. The first-order valence-electron chi connectivity index (χ1n) is 7.54. The van der Waals surface area contributed by atoms with Crippen LogP contribution >= 0.6 is 0 Å². The van der Waals surface area contributed by atoms with Crippen molar-refractivity contribution in [2.45, 2.75) is 51.7 Å². The molecule has 3 N–H and O–H groups in total. The largest absolute Gasteiger partial charge is 0.487 e. The Labute approximate surface area is 124 Å². The maximum Gasteiger partial charge on any atom is 0.241 e. The lowest BCUT2D eigenvalue weighted by molar-refractivity contribution is -0.118. The highest BCUT2D eigenvalue weighted by Gasteiger charge is 2.22. The number of carbonyl (C=O) groups is 1. The van der Waals surface area contributed by atoms with Crippen LogP contribution in [0.25, 0.3) is 0 Å². The van der Waals surface area contributed by atoms with E-state index in [9.17, 15) is 9.18 Å². The molecule has 4 nitrogen and oxygen atoms in total. The van der Waals surface area contributed by atoms with Crippen LogP contribution in [0.3, 0.4) is 0 Å². The third-order valence-corrected chi connectivity index (χ3v) is 4.11. The topological polar surface area (TPSA) is 64.4 Å². The zero-order valence-electron chi connectivity index (χ0n) is 12.6. The summed E-state index contributed by atoms with van der Waals surface area (Å²) in [6.45, 7) is 3.89. The molecular formula is C16H23FN2O2. The number of amides is 1. The van der Waals surface area contributed by atoms with Crippen molar-refractivity contribution in [2.24, 2.45) is 11.7 Å². The molecular weight excluding hydrogens is 271 g/mol. The predicted molar refractivity (Wildman–Crippen MR) is 80.7 cm³/mol. The van der Waals surface area contributed by atoms with E-state index in [4.69, 9.17) is 10.5 Å². The molecule has 21 heavy (non-hydrogen) atoms. The number of anilines is 1. The van der Waals surface area contributed by atoms with Crippen molar-refractivity contribution in [3.63, 3.8) is 0 Å². The van der Waals surface area contributed by atoms with Gasteiger partial charge in [0.1, 0.15) is 0 Å². The molecule has 116 valence electrons. The van der Waals surface area contributed by atoms with E-state index in [0.717, 1.165) is 25.7 Å². The van der Waals surface area contributed by atoms with Gasteiger partial charge in [0.2, 0.25) is 5.91 Å². The molecule has 0 spiro atoms. The van der Waals surface area contributed by atoms with Gasteiger partial charge in [-0.2, -0.15) is 0 Å². The molecule has 1 aliphatic rings. The lowest BCUT2D eigenvalue weighted by Gasteiger charge is -2.26. The number of nitrogens with two attached hydrogens (primary N) is 1. The first kappa shape index (κ1) is 15.8. The molecule has 0 heterocycles. The summed E-state index contributed by atoms with van der Waals surface area (Å²) in [7, 11) is 0. The van der Waals surface area contributed by atoms with E-state index >= 15 is 0 Å². The fourth-order valence-electron chi connectivity index (χ4n) is 2.08. The summed E-state index contributed by atoms with van der Waals surface area (Å²) < 4.78 is 19.5. The van der Waals surface area contributed by atoms with Gasteiger partial charge in [-0.25, -0.2) is 4.39 Å². The number of rotatable bonds is 6. The minimum Gasteiger partial charge on any atom is -0.487 e. The number of hydrogen-bond acceptors (Lipinski definition) is 3. The summed E-state index contributed by atoms with van der Waals surface area (Å²) in [6.07, 6.45) is 4.02. The highest BCUT2D eigenvalue weighted by atomic mass is 19.1. The normalized spacial score (nSPS) is 17.7. The molecule has 5 heteroatoms. The quantitative estimate of drug-likeness (QED) is 0.847. The second-order valence-corrected chi connectivity index (χ2v) is 5.72. The molecule has 2 rings (SSSR count). The standard InChI is InChI=1S/C16H23FN2O2/c1-3-10(2)15(18)16(20)19-11-7-8-14(13(17)9-11)21-12-5-4-6-12/h7-10,12,15H,3-6,18H2,1-2H3,(H,19,20). The Morgan fingerprint density at radius 2 is 2.24 bits per heavy atom. The Morgan fingerprint density at radius 1 is 1.52 bits per heavy atom. The number of carbonyl (C=O) groups excluding carboxylic acids is 1. The Morgan fingerprint density at radius 3 is 2.76 bits per heavy atom. The summed E-state index contributed by atoms with van der Waals surface area (Å²) in [4.78, 5) is 12.0. The van der Waals surface area contributed by atoms with Gasteiger partial charge in [0.05, 0.1) is 12.1 Å². The average Bonchev–Trinajstić information content (AvgIpc) is 2.42. The van der Waals surface area contributed by atoms with Gasteiger partial charge in [-0.1, -0.05) is 20.3 Å². The Kier molecular flexibility index (Phi) is 5.17. The van der Waals surface area contributed by atoms with Crippen LogP contribution in [-0.4, -0.2) is 18.1 Å². The fourth-order valence-corrected chi connectivity index (χ4v) is 2.08.